The van der Waals surface area contributed by atoms with Crippen molar-refractivity contribution >= 4 is 20.0 Å². The van der Waals surface area contributed by atoms with Gasteiger partial charge in [0.05, 0.1) is 6.61 Å². The fourth-order valence-electron chi connectivity index (χ4n) is 1.35. The predicted molar refractivity (Wildman–Crippen MR) is 80.4 cm³/mol. The fraction of sp³-hybridized carbons (Fsp3) is 0.714. The van der Waals surface area contributed by atoms with Gasteiger partial charge in [-0.15, -0.1) is 0 Å². The van der Waals surface area contributed by atoms with E-state index in [9.17, 15) is 14.2 Å². The summed E-state index contributed by atoms with van der Waals surface area (Å²) in [4.78, 5) is 31.2. The number of hydrogen-bond donors (Lipinski definition) is 1. The van der Waals surface area contributed by atoms with Crippen molar-refractivity contribution in [1.29, 1.82) is 0 Å². The Labute approximate surface area is 131 Å². The second-order valence-electron chi connectivity index (χ2n) is 4.72. The first kappa shape index (κ1) is 20.7. The lowest BCUT2D eigenvalue weighted by Crippen LogP contribution is -2.14. The third-order valence-electron chi connectivity index (χ3n) is 2.62. The van der Waals surface area contributed by atoms with E-state index in [-0.39, 0.29) is 25.6 Å². The lowest BCUT2D eigenvalue weighted by atomic mass is 10.2. The van der Waals surface area contributed by atoms with Gasteiger partial charge in [0.25, 0.3) is 5.85 Å². The highest BCUT2D eigenvalue weighted by atomic mass is 31.1. The van der Waals surface area contributed by atoms with Crippen molar-refractivity contribution in [2.75, 3.05) is 19.8 Å². The van der Waals surface area contributed by atoms with Crippen molar-refractivity contribution < 1.29 is 33.3 Å². The zero-order valence-corrected chi connectivity index (χ0v) is 14.0. The number of hydrogen-bond acceptors (Lipinski definition) is 6. The Morgan fingerprint density at radius 3 is 2.36 bits per heavy atom. The topological polar surface area (TPSA) is 99.1 Å². The SMILES string of the molecule is C=C(C)C(=O)OCCOC(=O)CCCCCOC(C)[P+](=O)O. The highest BCUT2D eigenvalue weighted by molar-refractivity contribution is 7.38. The minimum atomic E-state index is -2.30. The molecule has 0 aliphatic heterocycles. The normalized spacial score (nSPS) is 12.4. The summed E-state index contributed by atoms with van der Waals surface area (Å²) in [5.41, 5.74) is 0.300. The minimum Gasteiger partial charge on any atom is -0.462 e. The summed E-state index contributed by atoms with van der Waals surface area (Å²) in [7, 11) is -2.30. The third-order valence-corrected chi connectivity index (χ3v) is 3.39. The molecule has 2 atom stereocenters. The molecule has 2 unspecified atom stereocenters. The van der Waals surface area contributed by atoms with Gasteiger partial charge in [-0.25, -0.2) is 4.79 Å². The molecule has 0 aromatic heterocycles. The molecule has 0 aliphatic rings. The van der Waals surface area contributed by atoms with Crippen LogP contribution in [0.5, 0.6) is 0 Å². The van der Waals surface area contributed by atoms with Crippen LogP contribution in [0, 0.1) is 0 Å². The predicted octanol–water partition coefficient (Wildman–Crippen LogP) is 2.31. The molecule has 1 N–H and O–H groups in total. The number of ether oxygens (including phenoxy) is 3. The summed E-state index contributed by atoms with van der Waals surface area (Å²) < 4.78 is 25.4. The van der Waals surface area contributed by atoms with Crippen LogP contribution in [-0.4, -0.2) is 42.5 Å². The number of rotatable bonds is 12. The van der Waals surface area contributed by atoms with Gasteiger partial charge in [0, 0.05) is 18.9 Å². The van der Waals surface area contributed by atoms with Gasteiger partial charge in [0.2, 0.25) is 0 Å². The van der Waals surface area contributed by atoms with Gasteiger partial charge in [-0.3, -0.25) is 4.79 Å². The number of carbonyl (C=O) groups is 2. The van der Waals surface area contributed by atoms with Crippen molar-refractivity contribution in [3.63, 3.8) is 0 Å². The molecule has 0 rings (SSSR count). The Balaban J connectivity index is 3.45. The van der Waals surface area contributed by atoms with E-state index in [2.05, 4.69) is 6.58 Å². The zero-order valence-electron chi connectivity index (χ0n) is 13.1. The third kappa shape index (κ3) is 11.4. The van der Waals surface area contributed by atoms with Crippen LogP contribution in [0.1, 0.15) is 39.5 Å². The molecular formula is C14H24O7P+. The van der Waals surface area contributed by atoms with Crippen molar-refractivity contribution in [3.8, 4) is 0 Å². The molecule has 0 radical (unpaired) electrons. The molecule has 22 heavy (non-hydrogen) atoms. The smallest absolute Gasteiger partial charge is 0.462 e. The van der Waals surface area contributed by atoms with Crippen LogP contribution in [0.4, 0.5) is 0 Å². The summed E-state index contributed by atoms with van der Waals surface area (Å²) in [5, 5.41) is 0. The average molecular weight is 335 g/mol. The molecule has 0 aromatic carbocycles. The number of esters is 2. The van der Waals surface area contributed by atoms with Gasteiger partial charge >= 0.3 is 20.0 Å². The lowest BCUT2D eigenvalue weighted by Gasteiger charge is -2.06. The van der Waals surface area contributed by atoms with Crippen LogP contribution in [0.3, 0.4) is 0 Å². The van der Waals surface area contributed by atoms with E-state index in [0.29, 0.717) is 25.0 Å². The number of unbranched alkanes of at least 4 members (excludes halogenated alkanes) is 2. The van der Waals surface area contributed by atoms with E-state index in [1.807, 2.05) is 0 Å². The second kappa shape index (κ2) is 12.3. The minimum absolute atomic E-state index is 0.0164. The van der Waals surface area contributed by atoms with Crippen molar-refractivity contribution in [3.05, 3.63) is 12.2 Å². The first-order valence-corrected chi connectivity index (χ1v) is 8.38. The van der Waals surface area contributed by atoms with Crippen LogP contribution in [-0.2, 0) is 28.4 Å². The Kier molecular flexibility index (Phi) is 11.5. The summed E-state index contributed by atoms with van der Waals surface area (Å²) in [5.74, 6) is -1.52. The first-order chi connectivity index (χ1) is 10.3. The molecule has 0 saturated heterocycles. The lowest BCUT2D eigenvalue weighted by molar-refractivity contribution is -0.150. The first-order valence-electron chi connectivity index (χ1n) is 7.09. The molecule has 0 spiro atoms. The molecule has 0 saturated carbocycles. The van der Waals surface area contributed by atoms with Gasteiger partial charge in [-0.2, -0.15) is 4.89 Å². The van der Waals surface area contributed by atoms with Crippen LogP contribution >= 0.6 is 8.03 Å². The Bertz CT molecular complexity index is 395. The van der Waals surface area contributed by atoms with Crippen LogP contribution in [0.25, 0.3) is 0 Å². The molecule has 0 amide bonds. The van der Waals surface area contributed by atoms with E-state index in [4.69, 9.17) is 19.1 Å². The van der Waals surface area contributed by atoms with Crippen molar-refractivity contribution in [1.82, 2.24) is 0 Å². The molecule has 0 bridgehead atoms. The molecule has 0 aromatic rings. The molecule has 8 heteroatoms. The Hall–Kier alpha value is -1.30. The standard InChI is InChI=1S/C14H23O7P/c1-11(2)14(16)21-10-9-20-13(15)7-5-4-6-8-19-12(3)22(17)18/h12H,1,4-10H2,2-3H3/p+1. The zero-order chi connectivity index (χ0) is 17.0. The Morgan fingerprint density at radius 2 is 1.77 bits per heavy atom. The van der Waals surface area contributed by atoms with Crippen LogP contribution in [0.2, 0.25) is 0 Å². The van der Waals surface area contributed by atoms with Gasteiger partial charge < -0.3 is 14.2 Å². The van der Waals surface area contributed by atoms with E-state index >= 15 is 0 Å². The van der Waals surface area contributed by atoms with Gasteiger partial charge in [0.1, 0.15) is 13.2 Å². The van der Waals surface area contributed by atoms with Crippen LogP contribution in [0.15, 0.2) is 12.2 Å². The summed E-state index contributed by atoms with van der Waals surface area (Å²) >= 11 is 0. The quantitative estimate of drug-likeness (QED) is 0.253. The van der Waals surface area contributed by atoms with Crippen molar-refractivity contribution in [2.24, 2.45) is 0 Å². The van der Waals surface area contributed by atoms with Gasteiger partial charge in [0.15, 0.2) is 0 Å². The summed E-state index contributed by atoms with van der Waals surface area (Å²) in [6.07, 6.45) is 2.39. The highest BCUT2D eigenvalue weighted by Crippen LogP contribution is 2.22. The second-order valence-corrected chi connectivity index (χ2v) is 6.05. The number of carbonyl (C=O) groups excluding carboxylic acids is 2. The molecule has 0 heterocycles. The largest absolute Gasteiger partial charge is 0.537 e. The molecule has 0 aliphatic carbocycles. The summed E-state index contributed by atoms with van der Waals surface area (Å²) in [6.45, 7) is 6.94. The van der Waals surface area contributed by atoms with Gasteiger partial charge in [-0.05, 0) is 24.3 Å². The van der Waals surface area contributed by atoms with Gasteiger partial charge in [-0.1, -0.05) is 13.0 Å². The monoisotopic (exact) mass is 335 g/mol. The molecule has 0 fully saturated rings. The molecule has 126 valence electrons. The molecular weight excluding hydrogens is 311 g/mol. The molecule has 7 nitrogen and oxygen atoms in total. The van der Waals surface area contributed by atoms with E-state index in [1.54, 1.807) is 0 Å². The van der Waals surface area contributed by atoms with Crippen molar-refractivity contribution in [2.45, 2.75) is 45.4 Å². The Morgan fingerprint density at radius 1 is 1.14 bits per heavy atom. The fourth-order valence-corrected chi connectivity index (χ4v) is 1.58. The summed E-state index contributed by atoms with van der Waals surface area (Å²) in [6, 6.07) is 0. The van der Waals surface area contributed by atoms with Crippen LogP contribution < -0.4 is 0 Å². The average Bonchev–Trinajstić information content (AvgIpc) is 2.46. The van der Waals surface area contributed by atoms with E-state index < -0.39 is 19.8 Å². The maximum absolute atomic E-state index is 11.4. The maximum Gasteiger partial charge on any atom is 0.537 e. The maximum atomic E-state index is 11.4. The van der Waals surface area contributed by atoms with E-state index in [0.717, 1.165) is 6.42 Å². The van der Waals surface area contributed by atoms with E-state index in [1.165, 1.54) is 13.8 Å². The highest BCUT2D eigenvalue weighted by Gasteiger charge is 2.23.